The normalized spacial score (nSPS) is 10.3. The van der Waals surface area contributed by atoms with Crippen LogP contribution in [0, 0.1) is 5.82 Å². The molecule has 20 heavy (non-hydrogen) atoms. The van der Waals surface area contributed by atoms with Crippen LogP contribution in [-0.2, 0) is 0 Å². The first-order valence-corrected chi connectivity index (χ1v) is 7.73. The summed E-state index contributed by atoms with van der Waals surface area (Å²) < 4.78 is 13.6. The van der Waals surface area contributed by atoms with Crippen LogP contribution in [-0.4, -0.2) is 12.2 Å². The zero-order chi connectivity index (χ0) is 14.7. The van der Waals surface area contributed by atoms with Gasteiger partial charge in [0.1, 0.15) is 5.82 Å². The number of anilines is 2. The van der Waals surface area contributed by atoms with Gasteiger partial charge >= 0.3 is 0 Å². The largest absolute Gasteiger partial charge is 0.396 e. The highest BCUT2D eigenvalue weighted by atomic mass is 79.9. The van der Waals surface area contributed by atoms with Crippen molar-refractivity contribution in [3.63, 3.8) is 0 Å². The number of nitrogens with one attached hydrogen (secondary N) is 1. The number of hydrogen-bond donors (Lipinski definition) is 2. The third kappa shape index (κ3) is 3.32. The van der Waals surface area contributed by atoms with Crippen LogP contribution in [0.4, 0.5) is 15.8 Å². The van der Waals surface area contributed by atoms with E-state index in [9.17, 15) is 9.18 Å². The third-order valence-electron chi connectivity index (χ3n) is 2.68. The highest BCUT2D eigenvalue weighted by molar-refractivity contribution is 9.10. The molecule has 1 amide bonds. The lowest BCUT2D eigenvalue weighted by Crippen LogP contribution is -2.13. The fraction of sp³-hybridized carbons (Fsp3) is 0.0714. The van der Waals surface area contributed by atoms with Gasteiger partial charge in [-0.05, 0) is 58.6 Å². The number of benzene rings is 2. The number of halogens is 2. The van der Waals surface area contributed by atoms with E-state index < -0.39 is 5.82 Å². The molecule has 2 aromatic carbocycles. The predicted molar refractivity (Wildman–Crippen MR) is 84.7 cm³/mol. The van der Waals surface area contributed by atoms with Gasteiger partial charge in [-0.25, -0.2) is 4.39 Å². The Labute approximate surface area is 128 Å². The summed E-state index contributed by atoms with van der Waals surface area (Å²) in [6.45, 7) is 0. The summed E-state index contributed by atoms with van der Waals surface area (Å²) >= 11 is 4.78. The topological polar surface area (TPSA) is 55.1 Å². The number of nitrogens with two attached hydrogens (primary N) is 1. The number of amides is 1. The Kier molecular flexibility index (Phi) is 4.67. The summed E-state index contributed by atoms with van der Waals surface area (Å²) in [5, 5.41) is 2.74. The van der Waals surface area contributed by atoms with E-state index in [0.717, 1.165) is 4.90 Å². The first-order valence-electron chi connectivity index (χ1n) is 5.71. The van der Waals surface area contributed by atoms with E-state index in [4.69, 9.17) is 5.73 Å². The molecule has 0 bridgehead atoms. The van der Waals surface area contributed by atoms with E-state index in [-0.39, 0.29) is 17.2 Å². The van der Waals surface area contributed by atoms with Gasteiger partial charge in [-0.3, -0.25) is 4.79 Å². The van der Waals surface area contributed by atoms with Crippen LogP contribution in [0.1, 0.15) is 10.4 Å². The monoisotopic (exact) mass is 354 g/mol. The molecular formula is C14H12BrFN2OS. The van der Waals surface area contributed by atoms with Gasteiger partial charge in [0.2, 0.25) is 0 Å². The fourth-order valence-corrected chi connectivity index (χ4v) is 2.52. The lowest BCUT2D eigenvalue weighted by molar-refractivity contribution is 0.102. The summed E-state index contributed by atoms with van der Waals surface area (Å²) in [7, 11) is 0. The number of thioether (sulfide) groups is 1. The molecule has 0 saturated heterocycles. The molecule has 0 fully saturated rings. The van der Waals surface area contributed by atoms with Crippen LogP contribution in [0.25, 0.3) is 0 Å². The quantitative estimate of drug-likeness (QED) is 0.643. The first kappa shape index (κ1) is 14.9. The third-order valence-corrected chi connectivity index (χ3v) is 4.08. The van der Waals surface area contributed by atoms with Crippen molar-refractivity contribution in [3.8, 4) is 0 Å². The molecule has 0 unspecified atom stereocenters. The van der Waals surface area contributed by atoms with Gasteiger partial charge in [-0.2, -0.15) is 0 Å². The Morgan fingerprint density at radius 3 is 2.55 bits per heavy atom. The van der Waals surface area contributed by atoms with Crippen molar-refractivity contribution in [2.45, 2.75) is 4.90 Å². The molecule has 0 aromatic heterocycles. The van der Waals surface area contributed by atoms with Crippen molar-refractivity contribution in [2.24, 2.45) is 0 Å². The van der Waals surface area contributed by atoms with Crippen LogP contribution in [0.3, 0.4) is 0 Å². The number of carbonyl (C=O) groups excluding carboxylic acids is 1. The second-order valence-electron chi connectivity index (χ2n) is 4.04. The highest BCUT2D eigenvalue weighted by Gasteiger charge is 2.13. The Balaban J connectivity index is 2.21. The lowest BCUT2D eigenvalue weighted by atomic mass is 10.1. The standard InChI is InChI=1S/C14H12BrFN2OS/c1-20-9-4-2-8(3-5-9)18-14(19)10-6-13(17)12(16)7-11(10)15/h2-7H,17H2,1H3,(H,18,19). The SMILES string of the molecule is CSc1ccc(NC(=O)c2cc(N)c(F)cc2Br)cc1. The Morgan fingerprint density at radius 1 is 1.30 bits per heavy atom. The minimum atomic E-state index is -0.558. The smallest absolute Gasteiger partial charge is 0.256 e. The van der Waals surface area contributed by atoms with Crippen molar-refractivity contribution < 1.29 is 9.18 Å². The number of carbonyl (C=O) groups is 1. The van der Waals surface area contributed by atoms with Crippen molar-refractivity contribution in [3.05, 3.63) is 52.3 Å². The molecule has 0 aliphatic carbocycles. The molecule has 0 aliphatic heterocycles. The Hall–Kier alpha value is -1.53. The second kappa shape index (κ2) is 6.28. The maximum absolute atomic E-state index is 13.2. The predicted octanol–water partition coefficient (Wildman–Crippen LogP) is 4.14. The van der Waals surface area contributed by atoms with Crippen molar-refractivity contribution in [1.82, 2.24) is 0 Å². The maximum atomic E-state index is 13.2. The molecule has 6 heteroatoms. The summed E-state index contributed by atoms with van der Waals surface area (Å²) in [6.07, 6.45) is 1.98. The van der Waals surface area contributed by atoms with Crippen molar-refractivity contribution >= 4 is 45.0 Å². The van der Waals surface area contributed by atoms with Gasteiger partial charge in [-0.1, -0.05) is 0 Å². The average molecular weight is 355 g/mol. The summed E-state index contributed by atoms with van der Waals surface area (Å²) in [4.78, 5) is 13.2. The first-order chi connectivity index (χ1) is 9.51. The van der Waals surface area contributed by atoms with Gasteiger partial charge in [0.15, 0.2) is 0 Å². The maximum Gasteiger partial charge on any atom is 0.256 e. The molecule has 3 nitrogen and oxygen atoms in total. The Morgan fingerprint density at radius 2 is 1.95 bits per heavy atom. The van der Waals surface area contributed by atoms with Crippen molar-refractivity contribution in [2.75, 3.05) is 17.3 Å². The molecule has 0 aliphatic rings. The molecule has 0 saturated carbocycles. The number of rotatable bonds is 3. The number of hydrogen-bond acceptors (Lipinski definition) is 3. The minimum absolute atomic E-state index is 0.0592. The summed E-state index contributed by atoms with van der Waals surface area (Å²) in [5.74, 6) is -0.904. The molecule has 0 atom stereocenters. The number of nitrogen functional groups attached to an aromatic ring is 1. The average Bonchev–Trinajstić information content (AvgIpc) is 2.43. The Bertz CT molecular complexity index is 646. The van der Waals surface area contributed by atoms with Gasteiger partial charge in [0.05, 0.1) is 11.3 Å². The van der Waals surface area contributed by atoms with Gasteiger partial charge in [0.25, 0.3) is 5.91 Å². The summed E-state index contributed by atoms with van der Waals surface area (Å²) in [6, 6.07) is 9.93. The molecule has 0 radical (unpaired) electrons. The van der Waals surface area contributed by atoms with Crippen LogP contribution in [0.15, 0.2) is 45.8 Å². The van der Waals surface area contributed by atoms with E-state index in [1.165, 1.54) is 12.1 Å². The second-order valence-corrected chi connectivity index (χ2v) is 5.77. The van der Waals surface area contributed by atoms with E-state index in [1.54, 1.807) is 11.8 Å². The minimum Gasteiger partial charge on any atom is -0.396 e. The zero-order valence-electron chi connectivity index (χ0n) is 10.6. The van der Waals surface area contributed by atoms with E-state index in [2.05, 4.69) is 21.2 Å². The molecular weight excluding hydrogens is 343 g/mol. The van der Waals surface area contributed by atoms with Crippen LogP contribution >= 0.6 is 27.7 Å². The molecule has 2 rings (SSSR count). The van der Waals surface area contributed by atoms with E-state index in [1.807, 2.05) is 30.5 Å². The summed E-state index contributed by atoms with van der Waals surface area (Å²) in [5.41, 5.74) is 6.38. The zero-order valence-corrected chi connectivity index (χ0v) is 13.0. The van der Waals surface area contributed by atoms with Crippen LogP contribution in [0.2, 0.25) is 0 Å². The van der Waals surface area contributed by atoms with E-state index in [0.29, 0.717) is 10.2 Å². The molecule has 0 heterocycles. The van der Waals surface area contributed by atoms with Crippen LogP contribution < -0.4 is 11.1 Å². The van der Waals surface area contributed by atoms with Crippen LogP contribution in [0.5, 0.6) is 0 Å². The van der Waals surface area contributed by atoms with Crippen molar-refractivity contribution in [1.29, 1.82) is 0 Å². The van der Waals surface area contributed by atoms with Gasteiger partial charge < -0.3 is 11.1 Å². The molecule has 3 N–H and O–H groups in total. The fourth-order valence-electron chi connectivity index (χ4n) is 1.61. The van der Waals surface area contributed by atoms with Gasteiger partial charge in [-0.15, -0.1) is 11.8 Å². The lowest BCUT2D eigenvalue weighted by Gasteiger charge is -2.09. The molecule has 104 valence electrons. The molecule has 2 aromatic rings. The van der Waals surface area contributed by atoms with E-state index >= 15 is 0 Å². The highest BCUT2D eigenvalue weighted by Crippen LogP contribution is 2.24. The molecule has 0 spiro atoms. The van der Waals surface area contributed by atoms with Gasteiger partial charge in [0, 0.05) is 15.1 Å².